The smallest absolute Gasteiger partial charge is 0.340 e. The Morgan fingerprint density at radius 1 is 0.721 bits per heavy atom. The Kier molecular flexibility index (Phi) is 10.3. The molecule has 2 aliphatic rings. The standard InChI is InChI=1S/C38H50N2O3/c1-5-8-9-10-11-12-13-14-15-16-19-24-39-34-27-33-35(25-28(34)4)42-36-26-29(40(6-2)7-3)22-23-32(36)38(33)31-21-18-17-20-30(31)37(41)43-38/h17-18,20-23,25-27,39H,5-16,19,24H2,1-4H3. The average Bonchev–Trinajstić information content (AvgIpc) is 3.31. The molecule has 0 amide bonds. The van der Waals surface area contributed by atoms with Gasteiger partial charge in [0.05, 0.1) is 5.56 Å². The van der Waals surface area contributed by atoms with Crippen molar-refractivity contribution in [2.24, 2.45) is 0 Å². The first kappa shape index (κ1) is 31.0. The molecule has 0 fully saturated rings. The average molecular weight is 583 g/mol. The molecule has 2 heterocycles. The van der Waals surface area contributed by atoms with Crippen molar-refractivity contribution in [2.75, 3.05) is 29.9 Å². The summed E-state index contributed by atoms with van der Waals surface area (Å²) in [5.74, 6) is 1.19. The fraction of sp³-hybridized carbons (Fsp3) is 0.500. The molecule has 43 heavy (non-hydrogen) atoms. The van der Waals surface area contributed by atoms with Crippen LogP contribution < -0.4 is 15.0 Å². The number of nitrogens with zero attached hydrogens (tertiary/aromatic N) is 1. The number of nitrogens with one attached hydrogen (secondary N) is 1. The lowest BCUT2D eigenvalue weighted by molar-refractivity contribution is 0.0224. The molecule has 5 rings (SSSR count). The van der Waals surface area contributed by atoms with E-state index in [9.17, 15) is 4.79 Å². The van der Waals surface area contributed by atoms with E-state index in [0.717, 1.165) is 71.2 Å². The van der Waals surface area contributed by atoms with E-state index in [-0.39, 0.29) is 5.97 Å². The Balaban J connectivity index is 1.32. The van der Waals surface area contributed by atoms with Crippen LogP contribution >= 0.6 is 0 Å². The molecule has 1 atom stereocenters. The van der Waals surface area contributed by atoms with Crippen LogP contribution in [0, 0.1) is 6.92 Å². The number of esters is 1. The van der Waals surface area contributed by atoms with E-state index in [1.54, 1.807) is 0 Å². The van der Waals surface area contributed by atoms with Gasteiger partial charge >= 0.3 is 5.97 Å². The van der Waals surface area contributed by atoms with E-state index in [4.69, 9.17) is 9.47 Å². The third kappa shape index (κ3) is 6.41. The van der Waals surface area contributed by atoms with Crippen molar-refractivity contribution >= 4 is 17.3 Å². The lowest BCUT2D eigenvalue weighted by Gasteiger charge is -2.37. The van der Waals surface area contributed by atoms with Crippen LogP contribution in [0.15, 0.2) is 54.6 Å². The molecule has 0 aliphatic carbocycles. The zero-order valence-corrected chi connectivity index (χ0v) is 26.8. The van der Waals surface area contributed by atoms with Crippen molar-refractivity contribution in [2.45, 2.75) is 104 Å². The summed E-state index contributed by atoms with van der Waals surface area (Å²) in [6, 6.07) is 18.3. The monoisotopic (exact) mass is 582 g/mol. The number of benzene rings is 3. The molecule has 0 saturated heterocycles. The van der Waals surface area contributed by atoms with Crippen LogP contribution in [0.25, 0.3) is 0 Å². The van der Waals surface area contributed by atoms with Crippen LogP contribution in [0.5, 0.6) is 11.5 Å². The molecule has 1 unspecified atom stereocenters. The van der Waals surface area contributed by atoms with Crippen molar-refractivity contribution < 1.29 is 14.3 Å². The maximum atomic E-state index is 13.3. The van der Waals surface area contributed by atoms with Gasteiger partial charge in [0.2, 0.25) is 0 Å². The van der Waals surface area contributed by atoms with Crippen LogP contribution in [0.3, 0.4) is 0 Å². The first-order valence-electron chi connectivity index (χ1n) is 16.8. The van der Waals surface area contributed by atoms with Crippen molar-refractivity contribution in [3.63, 3.8) is 0 Å². The molecule has 2 aliphatic heterocycles. The zero-order valence-electron chi connectivity index (χ0n) is 26.8. The Bertz CT molecular complexity index is 1400. The second kappa shape index (κ2) is 14.3. The SMILES string of the molecule is CCCCCCCCCCCCCNc1cc2c(cc1C)Oc1cc(N(CC)CC)ccc1C21OC(=O)c2ccccc21. The summed E-state index contributed by atoms with van der Waals surface area (Å²) in [6.07, 6.45) is 14.7. The Hall–Kier alpha value is -3.47. The molecule has 0 saturated carbocycles. The van der Waals surface area contributed by atoms with E-state index in [2.05, 4.69) is 68.2 Å². The number of hydrogen-bond donors (Lipinski definition) is 1. The molecular formula is C38H50N2O3. The van der Waals surface area contributed by atoms with E-state index < -0.39 is 5.60 Å². The van der Waals surface area contributed by atoms with Crippen molar-refractivity contribution in [1.82, 2.24) is 0 Å². The van der Waals surface area contributed by atoms with Gasteiger partial charge in [0.15, 0.2) is 5.60 Å². The fourth-order valence-corrected chi connectivity index (χ4v) is 6.80. The molecule has 5 nitrogen and oxygen atoms in total. The molecule has 0 bridgehead atoms. The minimum atomic E-state index is -1.04. The summed E-state index contributed by atoms with van der Waals surface area (Å²) in [4.78, 5) is 15.6. The van der Waals surface area contributed by atoms with Gasteiger partial charge in [0, 0.05) is 53.8 Å². The summed E-state index contributed by atoms with van der Waals surface area (Å²) < 4.78 is 13.0. The summed E-state index contributed by atoms with van der Waals surface area (Å²) in [7, 11) is 0. The third-order valence-electron chi connectivity index (χ3n) is 9.27. The highest BCUT2D eigenvalue weighted by molar-refractivity contribution is 5.97. The van der Waals surface area contributed by atoms with Gasteiger partial charge in [0.25, 0.3) is 0 Å². The Morgan fingerprint density at radius 2 is 1.37 bits per heavy atom. The highest BCUT2D eigenvalue weighted by Crippen LogP contribution is 2.57. The minimum absolute atomic E-state index is 0.293. The first-order chi connectivity index (χ1) is 21.0. The summed E-state index contributed by atoms with van der Waals surface area (Å²) in [5, 5.41) is 3.70. The molecule has 3 aromatic carbocycles. The number of carbonyl (C=O) groups is 1. The third-order valence-corrected chi connectivity index (χ3v) is 9.27. The number of unbranched alkanes of at least 4 members (excludes halogenated alkanes) is 10. The number of ether oxygens (including phenoxy) is 2. The second-order valence-corrected chi connectivity index (χ2v) is 12.2. The molecule has 1 N–H and O–H groups in total. The van der Waals surface area contributed by atoms with Crippen molar-refractivity contribution in [3.8, 4) is 11.5 Å². The maximum Gasteiger partial charge on any atom is 0.340 e. The van der Waals surface area contributed by atoms with Crippen molar-refractivity contribution in [3.05, 3.63) is 82.4 Å². The highest BCUT2D eigenvalue weighted by Gasteiger charge is 2.53. The molecular weight excluding hydrogens is 532 g/mol. The number of aryl methyl sites for hydroxylation is 1. The maximum absolute atomic E-state index is 13.3. The highest BCUT2D eigenvalue weighted by atomic mass is 16.6. The van der Waals surface area contributed by atoms with Gasteiger partial charge in [-0.25, -0.2) is 4.79 Å². The van der Waals surface area contributed by atoms with Gasteiger partial charge in [-0.05, 0) is 63.1 Å². The van der Waals surface area contributed by atoms with E-state index in [0.29, 0.717) is 5.56 Å². The lowest BCUT2D eigenvalue weighted by Crippen LogP contribution is -2.33. The lowest BCUT2D eigenvalue weighted by atomic mass is 9.77. The van der Waals surface area contributed by atoms with Gasteiger partial charge in [-0.15, -0.1) is 0 Å². The van der Waals surface area contributed by atoms with Crippen LogP contribution in [0.1, 0.15) is 124 Å². The number of carbonyl (C=O) groups excluding carboxylic acids is 1. The topological polar surface area (TPSA) is 50.8 Å². The molecule has 0 radical (unpaired) electrons. The van der Waals surface area contributed by atoms with Crippen LogP contribution in [-0.2, 0) is 10.3 Å². The molecule has 0 aromatic heterocycles. The normalized spacial score (nSPS) is 16.3. The number of hydrogen-bond acceptors (Lipinski definition) is 5. The quantitative estimate of drug-likeness (QED) is 0.134. The Morgan fingerprint density at radius 3 is 2.07 bits per heavy atom. The van der Waals surface area contributed by atoms with E-state index in [1.807, 2.05) is 24.3 Å². The number of rotatable bonds is 16. The predicted molar refractivity (Wildman–Crippen MR) is 178 cm³/mol. The second-order valence-electron chi connectivity index (χ2n) is 12.2. The van der Waals surface area contributed by atoms with E-state index in [1.165, 1.54) is 64.2 Å². The van der Waals surface area contributed by atoms with Gasteiger partial charge < -0.3 is 19.7 Å². The summed E-state index contributed by atoms with van der Waals surface area (Å²) >= 11 is 0. The predicted octanol–water partition coefficient (Wildman–Crippen LogP) is 10.1. The molecule has 230 valence electrons. The first-order valence-corrected chi connectivity index (χ1v) is 16.8. The summed E-state index contributed by atoms with van der Waals surface area (Å²) in [6.45, 7) is 11.4. The van der Waals surface area contributed by atoms with Gasteiger partial charge in [-0.1, -0.05) is 89.3 Å². The van der Waals surface area contributed by atoms with Gasteiger partial charge in [-0.2, -0.15) is 0 Å². The van der Waals surface area contributed by atoms with E-state index >= 15 is 0 Å². The largest absolute Gasteiger partial charge is 0.456 e. The molecule has 5 heteroatoms. The molecule has 1 spiro atoms. The zero-order chi connectivity index (χ0) is 30.2. The number of fused-ring (bicyclic) bond motifs is 6. The van der Waals surface area contributed by atoms with Crippen LogP contribution in [0.2, 0.25) is 0 Å². The minimum Gasteiger partial charge on any atom is -0.456 e. The summed E-state index contributed by atoms with van der Waals surface area (Å²) in [5.41, 5.74) is 5.48. The van der Waals surface area contributed by atoms with Crippen LogP contribution in [0.4, 0.5) is 11.4 Å². The number of anilines is 2. The van der Waals surface area contributed by atoms with Gasteiger partial charge in [-0.3, -0.25) is 0 Å². The Labute approximate surface area is 259 Å². The molecule has 3 aromatic rings. The van der Waals surface area contributed by atoms with Gasteiger partial charge in [0.1, 0.15) is 11.5 Å². The fourth-order valence-electron chi connectivity index (χ4n) is 6.80. The van der Waals surface area contributed by atoms with Crippen molar-refractivity contribution in [1.29, 1.82) is 0 Å². The van der Waals surface area contributed by atoms with Crippen LogP contribution in [-0.4, -0.2) is 25.6 Å².